The number of pyridine rings is 1. The molecule has 6 heteroatoms. The SMILES string of the molecule is Cc1ccc2c(n1)NC(CC(=O)O)C(=O)N2. The summed E-state index contributed by atoms with van der Waals surface area (Å²) in [6.45, 7) is 1.82. The quantitative estimate of drug-likeness (QED) is 0.680. The van der Waals surface area contributed by atoms with Crippen LogP contribution in [0.3, 0.4) is 0 Å². The molecule has 6 nitrogen and oxygen atoms in total. The van der Waals surface area contributed by atoms with Crippen molar-refractivity contribution in [3.05, 3.63) is 17.8 Å². The molecule has 1 aliphatic rings. The van der Waals surface area contributed by atoms with Crippen LogP contribution in [0.25, 0.3) is 0 Å². The van der Waals surface area contributed by atoms with E-state index in [0.29, 0.717) is 11.5 Å². The number of fused-ring (bicyclic) bond motifs is 1. The molecule has 16 heavy (non-hydrogen) atoms. The van der Waals surface area contributed by atoms with Crippen molar-refractivity contribution in [3.63, 3.8) is 0 Å². The molecule has 0 saturated carbocycles. The van der Waals surface area contributed by atoms with Crippen LogP contribution in [0.15, 0.2) is 12.1 Å². The largest absolute Gasteiger partial charge is 0.481 e. The number of rotatable bonds is 2. The average Bonchev–Trinajstić information content (AvgIpc) is 2.19. The lowest BCUT2D eigenvalue weighted by Gasteiger charge is -2.24. The predicted molar refractivity (Wildman–Crippen MR) is 57.3 cm³/mol. The van der Waals surface area contributed by atoms with Gasteiger partial charge in [-0.05, 0) is 19.1 Å². The number of nitrogens with zero attached hydrogens (tertiary/aromatic N) is 1. The Morgan fingerprint density at radius 1 is 1.56 bits per heavy atom. The highest BCUT2D eigenvalue weighted by Crippen LogP contribution is 2.25. The number of aryl methyl sites for hydroxylation is 1. The number of carboxylic acid groups (broad SMARTS) is 1. The summed E-state index contributed by atoms with van der Waals surface area (Å²) in [4.78, 5) is 26.3. The Bertz CT molecular complexity index is 459. The molecule has 1 aromatic rings. The predicted octanol–water partition coefficient (Wildman–Crippen LogP) is 0.597. The second-order valence-corrected chi connectivity index (χ2v) is 3.63. The molecule has 0 aromatic carbocycles. The second kappa shape index (κ2) is 3.80. The molecule has 2 rings (SSSR count). The highest BCUT2D eigenvalue weighted by atomic mass is 16.4. The summed E-state index contributed by atoms with van der Waals surface area (Å²) in [5.74, 6) is -0.852. The van der Waals surface area contributed by atoms with E-state index in [1.807, 2.05) is 6.92 Å². The van der Waals surface area contributed by atoms with Gasteiger partial charge in [0.2, 0.25) is 5.91 Å². The van der Waals surface area contributed by atoms with Crippen LogP contribution < -0.4 is 10.6 Å². The first-order chi connectivity index (χ1) is 7.56. The molecule has 1 atom stereocenters. The number of hydrogen-bond acceptors (Lipinski definition) is 4. The number of carbonyl (C=O) groups excluding carboxylic acids is 1. The van der Waals surface area contributed by atoms with Gasteiger partial charge in [0.1, 0.15) is 6.04 Å². The molecule has 0 saturated heterocycles. The zero-order valence-electron chi connectivity index (χ0n) is 8.65. The van der Waals surface area contributed by atoms with Crippen molar-refractivity contribution in [2.24, 2.45) is 0 Å². The molecule has 1 amide bonds. The number of anilines is 2. The smallest absolute Gasteiger partial charge is 0.305 e. The van der Waals surface area contributed by atoms with Crippen molar-refractivity contribution in [2.45, 2.75) is 19.4 Å². The molecule has 1 aliphatic heterocycles. The van der Waals surface area contributed by atoms with Crippen molar-refractivity contribution in [1.29, 1.82) is 0 Å². The summed E-state index contributed by atoms with van der Waals surface area (Å²) in [6, 6.07) is 2.75. The Kier molecular flexibility index (Phi) is 2.47. The van der Waals surface area contributed by atoms with Gasteiger partial charge in [-0.2, -0.15) is 0 Å². The molecular weight excluding hydrogens is 210 g/mol. The average molecular weight is 221 g/mol. The summed E-state index contributed by atoms with van der Waals surface area (Å²) in [5, 5.41) is 14.1. The lowest BCUT2D eigenvalue weighted by molar-refractivity contribution is -0.138. The second-order valence-electron chi connectivity index (χ2n) is 3.63. The third-order valence-electron chi connectivity index (χ3n) is 2.30. The normalized spacial score (nSPS) is 18.3. The van der Waals surface area contributed by atoms with E-state index in [-0.39, 0.29) is 12.3 Å². The van der Waals surface area contributed by atoms with Crippen LogP contribution in [-0.2, 0) is 9.59 Å². The Labute approximate surface area is 91.7 Å². The van der Waals surface area contributed by atoms with E-state index in [1.165, 1.54) is 0 Å². The first-order valence-electron chi connectivity index (χ1n) is 4.83. The molecule has 0 radical (unpaired) electrons. The Morgan fingerprint density at radius 3 is 3.00 bits per heavy atom. The van der Waals surface area contributed by atoms with Crippen LogP contribution in [0.5, 0.6) is 0 Å². The zero-order chi connectivity index (χ0) is 11.7. The van der Waals surface area contributed by atoms with E-state index in [1.54, 1.807) is 12.1 Å². The maximum atomic E-state index is 11.5. The van der Waals surface area contributed by atoms with Gasteiger partial charge in [-0.15, -0.1) is 0 Å². The standard InChI is InChI=1S/C10H11N3O3/c1-5-2-3-6-9(11-5)12-7(4-8(14)15)10(16)13-6/h2-3,7H,4H2,1H3,(H,11,12)(H,13,16)(H,14,15). The number of amides is 1. The third kappa shape index (κ3) is 1.95. The molecule has 0 fully saturated rings. The summed E-state index contributed by atoms with van der Waals surface area (Å²) in [5.41, 5.74) is 1.38. The van der Waals surface area contributed by atoms with Gasteiger partial charge in [-0.1, -0.05) is 0 Å². The number of carboxylic acids is 1. The number of nitrogens with one attached hydrogen (secondary N) is 2. The summed E-state index contributed by atoms with van der Waals surface area (Å²) in [7, 11) is 0. The fraction of sp³-hybridized carbons (Fsp3) is 0.300. The first kappa shape index (κ1) is 10.4. The minimum atomic E-state index is -1.02. The van der Waals surface area contributed by atoms with E-state index in [4.69, 9.17) is 5.11 Å². The molecule has 84 valence electrons. The number of aromatic nitrogens is 1. The fourth-order valence-electron chi connectivity index (χ4n) is 1.54. The van der Waals surface area contributed by atoms with Gasteiger partial charge in [0.15, 0.2) is 5.82 Å². The minimum Gasteiger partial charge on any atom is -0.481 e. The number of carbonyl (C=O) groups is 2. The maximum Gasteiger partial charge on any atom is 0.305 e. The number of hydrogen-bond donors (Lipinski definition) is 3. The van der Waals surface area contributed by atoms with Crippen molar-refractivity contribution in [2.75, 3.05) is 10.6 Å². The summed E-state index contributed by atoms with van der Waals surface area (Å²) < 4.78 is 0. The zero-order valence-corrected chi connectivity index (χ0v) is 8.65. The first-order valence-corrected chi connectivity index (χ1v) is 4.83. The van der Waals surface area contributed by atoms with Crippen molar-refractivity contribution in [1.82, 2.24) is 4.98 Å². The lowest BCUT2D eigenvalue weighted by atomic mass is 10.1. The van der Waals surface area contributed by atoms with Crippen LogP contribution in [0.1, 0.15) is 12.1 Å². The van der Waals surface area contributed by atoms with Gasteiger partial charge in [-0.3, -0.25) is 9.59 Å². The van der Waals surface area contributed by atoms with Crippen LogP contribution in [0.4, 0.5) is 11.5 Å². The van der Waals surface area contributed by atoms with Crippen LogP contribution >= 0.6 is 0 Å². The number of aliphatic carboxylic acids is 1. The van der Waals surface area contributed by atoms with Crippen LogP contribution in [-0.4, -0.2) is 28.0 Å². The van der Waals surface area contributed by atoms with E-state index in [2.05, 4.69) is 15.6 Å². The third-order valence-corrected chi connectivity index (χ3v) is 2.30. The Hall–Kier alpha value is -2.11. The van der Waals surface area contributed by atoms with Crippen molar-refractivity contribution >= 4 is 23.4 Å². The van der Waals surface area contributed by atoms with Gasteiger partial charge in [0, 0.05) is 5.69 Å². The summed E-state index contributed by atoms with van der Waals surface area (Å²) in [6.07, 6.45) is -0.263. The summed E-state index contributed by atoms with van der Waals surface area (Å²) >= 11 is 0. The Balaban J connectivity index is 2.26. The molecular formula is C10H11N3O3. The van der Waals surface area contributed by atoms with Crippen LogP contribution in [0, 0.1) is 6.92 Å². The molecule has 3 N–H and O–H groups in total. The molecule has 2 heterocycles. The van der Waals surface area contributed by atoms with E-state index in [9.17, 15) is 9.59 Å². The van der Waals surface area contributed by atoms with Gasteiger partial charge in [0.05, 0.1) is 12.1 Å². The highest BCUT2D eigenvalue weighted by molar-refractivity contribution is 6.03. The van der Waals surface area contributed by atoms with Crippen molar-refractivity contribution in [3.8, 4) is 0 Å². The maximum absolute atomic E-state index is 11.5. The highest BCUT2D eigenvalue weighted by Gasteiger charge is 2.28. The van der Waals surface area contributed by atoms with Gasteiger partial charge in [0.25, 0.3) is 0 Å². The topological polar surface area (TPSA) is 91.3 Å². The monoisotopic (exact) mass is 221 g/mol. The van der Waals surface area contributed by atoms with E-state index >= 15 is 0 Å². The Morgan fingerprint density at radius 2 is 2.31 bits per heavy atom. The van der Waals surface area contributed by atoms with Crippen LogP contribution in [0.2, 0.25) is 0 Å². The molecule has 1 aromatic heterocycles. The van der Waals surface area contributed by atoms with Gasteiger partial charge >= 0.3 is 5.97 Å². The fourth-order valence-corrected chi connectivity index (χ4v) is 1.54. The molecule has 0 spiro atoms. The molecule has 0 bridgehead atoms. The van der Waals surface area contributed by atoms with Gasteiger partial charge in [-0.25, -0.2) is 4.98 Å². The lowest BCUT2D eigenvalue weighted by Crippen LogP contribution is -2.40. The minimum absolute atomic E-state index is 0.263. The van der Waals surface area contributed by atoms with E-state index in [0.717, 1.165) is 5.69 Å². The van der Waals surface area contributed by atoms with Gasteiger partial charge < -0.3 is 15.7 Å². The van der Waals surface area contributed by atoms with E-state index < -0.39 is 12.0 Å². The molecule has 1 unspecified atom stereocenters. The molecule has 0 aliphatic carbocycles. The van der Waals surface area contributed by atoms with Crippen molar-refractivity contribution < 1.29 is 14.7 Å².